The zero-order valence-electron chi connectivity index (χ0n) is 17.9. The monoisotopic (exact) mass is 446 g/mol. The number of carbonyl (C=O) groups excluding carboxylic acids is 1. The molecule has 0 spiro atoms. The van der Waals surface area contributed by atoms with Crippen LogP contribution >= 0.6 is 0 Å². The molecule has 0 bridgehead atoms. The Balaban J connectivity index is 1.54. The number of nitrogens with one attached hydrogen (secondary N) is 1. The zero-order valence-corrected chi connectivity index (χ0v) is 17.9. The summed E-state index contributed by atoms with van der Waals surface area (Å²) in [5, 5.41) is 2.88. The molecule has 0 aliphatic heterocycles. The molecule has 0 aliphatic carbocycles. The van der Waals surface area contributed by atoms with E-state index in [9.17, 15) is 18.0 Å². The molecule has 4 aromatic rings. The van der Waals surface area contributed by atoms with Crippen molar-refractivity contribution >= 4 is 11.6 Å². The lowest BCUT2D eigenvalue weighted by Crippen LogP contribution is -2.13. The number of hydrogen-bond donors (Lipinski definition) is 1. The molecular formula is C27H21F3N2O. The van der Waals surface area contributed by atoms with E-state index in [1.165, 1.54) is 12.1 Å². The van der Waals surface area contributed by atoms with Gasteiger partial charge in [-0.3, -0.25) is 9.78 Å². The van der Waals surface area contributed by atoms with Crippen LogP contribution in [-0.4, -0.2) is 10.9 Å². The third-order valence-electron chi connectivity index (χ3n) is 5.27. The van der Waals surface area contributed by atoms with E-state index in [0.717, 1.165) is 29.0 Å². The quantitative estimate of drug-likeness (QED) is 0.362. The number of pyridine rings is 1. The summed E-state index contributed by atoms with van der Waals surface area (Å²) < 4.78 is 38.8. The number of carbonyl (C=O) groups is 1. The summed E-state index contributed by atoms with van der Waals surface area (Å²) in [6, 6.07) is 23.4. The van der Waals surface area contributed by atoms with Crippen molar-refractivity contribution < 1.29 is 18.0 Å². The van der Waals surface area contributed by atoms with E-state index < -0.39 is 11.7 Å². The van der Waals surface area contributed by atoms with E-state index in [0.29, 0.717) is 28.8 Å². The molecule has 166 valence electrons. The van der Waals surface area contributed by atoms with Crippen molar-refractivity contribution in [1.82, 2.24) is 4.98 Å². The van der Waals surface area contributed by atoms with Crippen LogP contribution in [0.3, 0.4) is 0 Å². The van der Waals surface area contributed by atoms with Crippen LogP contribution in [0.15, 0.2) is 91.1 Å². The maximum atomic E-state index is 13.0. The van der Waals surface area contributed by atoms with E-state index in [-0.39, 0.29) is 5.91 Å². The van der Waals surface area contributed by atoms with Gasteiger partial charge in [-0.15, -0.1) is 0 Å². The number of anilines is 1. The highest BCUT2D eigenvalue weighted by molar-refractivity contribution is 6.08. The Hall–Kier alpha value is -3.93. The third kappa shape index (κ3) is 5.47. The van der Waals surface area contributed by atoms with Gasteiger partial charge in [0.15, 0.2) is 0 Å². The first-order chi connectivity index (χ1) is 15.8. The lowest BCUT2D eigenvalue weighted by molar-refractivity contribution is -0.137. The summed E-state index contributed by atoms with van der Waals surface area (Å²) in [5.74, 6) is -0.331. The summed E-state index contributed by atoms with van der Waals surface area (Å²) in [5.41, 5.74) is 4.33. The van der Waals surface area contributed by atoms with Crippen molar-refractivity contribution in [3.8, 4) is 11.1 Å². The Morgan fingerprint density at radius 2 is 1.64 bits per heavy atom. The predicted octanol–water partition coefficient (Wildman–Crippen LogP) is 6.92. The average molecular weight is 446 g/mol. The van der Waals surface area contributed by atoms with Crippen LogP contribution in [-0.2, 0) is 12.6 Å². The molecule has 1 N–H and O–H groups in total. The first kappa shape index (κ1) is 22.3. The zero-order chi connectivity index (χ0) is 23.4. The summed E-state index contributed by atoms with van der Waals surface area (Å²) >= 11 is 0. The Kier molecular flexibility index (Phi) is 6.27. The van der Waals surface area contributed by atoms with E-state index >= 15 is 0 Å². The van der Waals surface area contributed by atoms with Crippen molar-refractivity contribution in [3.63, 3.8) is 0 Å². The van der Waals surface area contributed by atoms with Crippen LogP contribution in [0.25, 0.3) is 11.1 Å². The molecule has 3 nitrogen and oxygen atoms in total. The van der Waals surface area contributed by atoms with Crippen LogP contribution in [0.2, 0.25) is 0 Å². The molecule has 0 fully saturated rings. The molecular weight excluding hydrogens is 425 g/mol. The van der Waals surface area contributed by atoms with Crippen LogP contribution in [0.4, 0.5) is 18.9 Å². The van der Waals surface area contributed by atoms with Crippen molar-refractivity contribution in [2.24, 2.45) is 0 Å². The lowest BCUT2D eigenvalue weighted by atomic mass is 9.96. The third-order valence-corrected chi connectivity index (χ3v) is 5.27. The lowest BCUT2D eigenvalue weighted by Gasteiger charge is -2.13. The van der Waals surface area contributed by atoms with Gasteiger partial charge in [0.05, 0.1) is 5.56 Å². The second-order valence-corrected chi connectivity index (χ2v) is 7.77. The predicted molar refractivity (Wildman–Crippen MR) is 123 cm³/mol. The highest BCUT2D eigenvalue weighted by Crippen LogP contribution is 2.32. The highest BCUT2D eigenvalue weighted by atomic mass is 19.4. The van der Waals surface area contributed by atoms with Crippen LogP contribution in [0, 0.1) is 6.92 Å². The largest absolute Gasteiger partial charge is 0.416 e. The molecule has 0 radical (unpaired) electrons. The van der Waals surface area contributed by atoms with Gasteiger partial charge in [-0.05, 0) is 66.1 Å². The van der Waals surface area contributed by atoms with Gasteiger partial charge in [0, 0.05) is 29.6 Å². The van der Waals surface area contributed by atoms with Gasteiger partial charge in [-0.1, -0.05) is 48.0 Å². The van der Waals surface area contributed by atoms with Crippen LogP contribution in [0.1, 0.15) is 32.7 Å². The Morgan fingerprint density at radius 1 is 0.909 bits per heavy atom. The fourth-order valence-electron chi connectivity index (χ4n) is 3.55. The molecule has 6 heteroatoms. The van der Waals surface area contributed by atoms with Gasteiger partial charge >= 0.3 is 6.18 Å². The number of nitrogens with zero attached hydrogens (tertiary/aromatic N) is 1. The Morgan fingerprint density at radius 3 is 2.27 bits per heavy atom. The number of amides is 1. The normalized spacial score (nSPS) is 11.3. The second-order valence-electron chi connectivity index (χ2n) is 7.77. The van der Waals surface area contributed by atoms with Gasteiger partial charge in [-0.2, -0.15) is 13.2 Å². The number of hydrogen-bond acceptors (Lipinski definition) is 2. The molecule has 0 saturated carbocycles. The van der Waals surface area contributed by atoms with Gasteiger partial charge in [0.25, 0.3) is 5.91 Å². The molecule has 1 aromatic heterocycles. The van der Waals surface area contributed by atoms with Gasteiger partial charge in [-0.25, -0.2) is 0 Å². The minimum Gasteiger partial charge on any atom is -0.322 e. The molecule has 0 saturated heterocycles. The average Bonchev–Trinajstić information content (AvgIpc) is 2.80. The fraction of sp³-hybridized carbons (Fsp3) is 0.111. The van der Waals surface area contributed by atoms with Gasteiger partial charge in [0.1, 0.15) is 0 Å². The standard InChI is InChI=1S/C27H21F3N2O/c1-18-5-14-24(25(16-18)20-8-10-21(11-9-20)27(28,29)30)26(33)32-22-12-6-19(7-13-22)17-23-4-2-3-15-31-23/h2-16H,17H2,1H3,(H,32,33). The molecule has 33 heavy (non-hydrogen) atoms. The molecule has 0 atom stereocenters. The molecule has 1 heterocycles. The van der Waals surface area contributed by atoms with E-state index in [1.807, 2.05) is 49.4 Å². The van der Waals surface area contributed by atoms with E-state index in [4.69, 9.17) is 0 Å². The van der Waals surface area contributed by atoms with Crippen molar-refractivity contribution in [2.45, 2.75) is 19.5 Å². The fourth-order valence-corrected chi connectivity index (χ4v) is 3.55. The summed E-state index contributed by atoms with van der Waals surface area (Å²) in [6.45, 7) is 1.87. The topological polar surface area (TPSA) is 42.0 Å². The molecule has 3 aromatic carbocycles. The van der Waals surface area contributed by atoms with Crippen LogP contribution in [0.5, 0.6) is 0 Å². The van der Waals surface area contributed by atoms with Crippen molar-refractivity contribution in [2.75, 3.05) is 5.32 Å². The minimum atomic E-state index is -4.41. The molecule has 0 unspecified atom stereocenters. The maximum absolute atomic E-state index is 13.0. The summed E-state index contributed by atoms with van der Waals surface area (Å²) in [6.07, 6.45) is -1.97. The van der Waals surface area contributed by atoms with E-state index in [2.05, 4.69) is 10.3 Å². The smallest absolute Gasteiger partial charge is 0.322 e. The molecule has 1 amide bonds. The molecule has 4 rings (SSSR count). The van der Waals surface area contributed by atoms with Gasteiger partial charge < -0.3 is 5.32 Å². The number of aromatic nitrogens is 1. The van der Waals surface area contributed by atoms with Crippen LogP contribution < -0.4 is 5.32 Å². The van der Waals surface area contributed by atoms with Crippen molar-refractivity contribution in [1.29, 1.82) is 0 Å². The SMILES string of the molecule is Cc1ccc(C(=O)Nc2ccc(Cc3ccccn3)cc2)c(-c2ccc(C(F)(F)F)cc2)c1. The Bertz CT molecular complexity index is 1250. The number of rotatable bonds is 5. The summed E-state index contributed by atoms with van der Waals surface area (Å²) in [4.78, 5) is 17.3. The van der Waals surface area contributed by atoms with E-state index in [1.54, 1.807) is 24.4 Å². The highest BCUT2D eigenvalue weighted by Gasteiger charge is 2.30. The first-order valence-corrected chi connectivity index (χ1v) is 10.4. The molecule has 0 aliphatic rings. The Labute approximate surface area is 189 Å². The maximum Gasteiger partial charge on any atom is 0.416 e. The van der Waals surface area contributed by atoms with Gasteiger partial charge in [0.2, 0.25) is 0 Å². The van der Waals surface area contributed by atoms with Crippen molar-refractivity contribution in [3.05, 3.63) is 119 Å². The number of benzene rings is 3. The number of alkyl halides is 3. The number of aryl methyl sites for hydroxylation is 1. The first-order valence-electron chi connectivity index (χ1n) is 10.4. The summed E-state index contributed by atoms with van der Waals surface area (Å²) in [7, 11) is 0. The second kappa shape index (κ2) is 9.28. The number of halogens is 3. The minimum absolute atomic E-state index is 0.331.